The summed E-state index contributed by atoms with van der Waals surface area (Å²) in [6.07, 6.45) is 6.53. The van der Waals surface area contributed by atoms with Gasteiger partial charge >= 0.3 is 0 Å². The number of pyridine rings is 1. The standard InChI is InChI=1S/C11H13N5O/c1-17-11-9(3-2-4-15-11)10(16-12)8-5-13-7-14-6-8/h2-7,10,16H,12H2,1H3. The summed E-state index contributed by atoms with van der Waals surface area (Å²) in [5.74, 6) is 6.10. The van der Waals surface area contributed by atoms with Gasteiger partial charge in [0.15, 0.2) is 0 Å². The minimum Gasteiger partial charge on any atom is -0.481 e. The summed E-state index contributed by atoms with van der Waals surface area (Å²) in [5, 5.41) is 0. The van der Waals surface area contributed by atoms with Gasteiger partial charge in [0, 0.05) is 29.7 Å². The van der Waals surface area contributed by atoms with Crippen LogP contribution in [0.4, 0.5) is 0 Å². The van der Waals surface area contributed by atoms with Gasteiger partial charge in [0.1, 0.15) is 6.33 Å². The fourth-order valence-corrected chi connectivity index (χ4v) is 1.62. The first kappa shape index (κ1) is 11.4. The topological polar surface area (TPSA) is 86.0 Å². The van der Waals surface area contributed by atoms with Crippen LogP contribution in [0, 0.1) is 0 Å². The zero-order chi connectivity index (χ0) is 12.1. The number of rotatable bonds is 4. The molecule has 1 atom stereocenters. The Morgan fingerprint density at radius 1 is 1.35 bits per heavy atom. The molecule has 2 aromatic rings. The van der Waals surface area contributed by atoms with E-state index in [0.717, 1.165) is 11.1 Å². The Balaban J connectivity index is 2.42. The van der Waals surface area contributed by atoms with E-state index in [1.807, 2.05) is 12.1 Å². The fraction of sp³-hybridized carbons (Fsp3) is 0.182. The molecule has 0 bridgehead atoms. The first-order valence-electron chi connectivity index (χ1n) is 5.06. The fourth-order valence-electron chi connectivity index (χ4n) is 1.62. The van der Waals surface area contributed by atoms with E-state index in [4.69, 9.17) is 10.6 Å². The third kappa shape index (κ3) is 2.38. The molecular weight excluding hydrogens is 218 g/mol. The molecule has 88 valence electrons. The summed E-state index contributed by atoms with van der Waals surface area (Å²) in [6, 6.07) is 3.47. The number of nitrogens with zero attached hydrogens (tertiary/aromatic N) is 3. The normalized spacial score (nSPS) is 12.1. The molecule has 0 aliphatic carbocycles. The number of hydrogen-bond donors (Lipinski definition) is 2. The van der Waals surface area contributed by atoms with Crippen LogP contribution in [0.15, 0.2) is 37.1 Å². The van der Waals surface area contributed by atoms with Crippen LogP contribution in [0.25, 0.3) is 0 Å². The van der Waals surface area contributed by atoms with Gasteiger partial charge in [0.05, 0.1) is 13.2 Å². The molecule has 1 unspecified atom stereocenters. The maximum Gasteiger partial charge on any atom is 0.218 e. The predicted octanol–water partition coefficient (Wildman–Crippen LogP) is 0.433. The van der Waals surface area contributed by atoms with Gasteiger partial charge in [-0.25, -0.2) is 20.4 Å². The Labute approximate surface area is 98.9 Å². The summed E-state index contributed by atoms with van der Waals surface area (Å²) in [4.78, 5) is 12.1. The second-order valence-electron chi connectivity index (χ2n) is 3.37. The second-order valence-corrected chi connectivity index (χ2v) is 3.37. The molecule has 0 fully saturated rings. The predicted molar refractivity (Wildman–Crippen MR) is 62.0 cm³/mol. The van der Waals surface area contributed by atoms with Crippen LogP contribution >= 0.6 is 0 Å². The van der Waals surface area contributed by atoms with E-state index in [1.54, 1.807) is 25.7 Å². The van der Waals surface area contributed by atoms with Crippen molar-refractivity contribution in [1.29, 1.82) is 0 Å². The highest BCUT2D eigenvalue weighted by atomic mass is 16.5. The van der Waals surface area contributed by atoms with Crippen LogP contribution < -0.4 is 16.0 Å². The molecule has 6 heteroatoms. The van der Waals surface area contributed by atoms with Crippen LogP contribution in [0.5, 0.6) is 5.88 Å². The lowest BCUT2D eigenvalue weighted by atomic mass is 10.0. The van der Waals surface area contributed by atoms with Crippen molar-refractivity contribution in [2.24, 2.45) is 5.84 Å². The first-order chi connectivity index (χ1) is 8.36. The second kappa shape index (κ2) is 5.33. The summed E-state index contributed by atoms with van der Waals surface area (Å²) in [6.45, 7) is 0. The smallest absolute Gasteiger partial charge is 0.218 e. The number of nitrogens with two attached hydrogens (primary N) is 1. The third-order valence-electron chi connectivity index (χ3n) is 2.39. The summed E-state index contributed by atoms with van der Waals surface area (Å²) in [7, 11) is 1.57. The van der Waals surface area contributed by atoms with Gasteiger partial charge in [0.25, 0.3) is 0 Å². The van der Waals surface area contributed by atoms with Crippen LogP contribution in [-0.4, -0.2) is 22.1 Å². The summed E-state index contributed by atoms with van der Waals surface area (Å²) >= 11 is 0. The van der Waals surface area contributed by atoms with Gasteiger partial charge in [-0.15, -0.1) is 0 Å². The average molecular weight is 231 g/mol. The van der Waals surface area contributed by atoms with Crippen molar-refractivity contribution in [2.45, 2.75) is 6.04 Å². The number of nitrogens with one attached hydrogen (secondary N) is 1. The van der Waals surface area contributed by atoms with E-state index < -0.39 is 0 Å². The third-order valence-corrected chi connectivity index (χ3v) is 2.39. The van der Waals surface area contributed by atoms with Crippen LogP contribution in [0.2, 0.25) is 0 Å². The first-order valence-corrected chi connectivity index (χ1v) is 5.06. The minimum absolute atomic E-state index is 0.250. The number of ether oxygens (including phenoxy) is 1. The van der Waals surface area contributed by atoms with Crippen LogP contribution in [0.3, 0.4) is 0 Å². The Kier molecular flexibility index (Phi) is 3.59. The Morgan fingerprint density at radius 2 is 2.12 bits per heavy atom. The van der Waals surface area contributed by atoms with Crippen molar-refractivity contribution < 1.29 is 4.74 Å². The Morgan fingerprint density at radius 3 is 2.76 bits per heavy atom. The molecular formula is C11H13N5O. The van der Waals surface area contributed by atoms with Gasteiger partial charge in [0.2, 0.25) is 5.88 Å². The molecule has 0 aliphatic rings. The number of methoxy groups -OCH3 is 1. The van der Waals surface area contributed by atoms with Crippen molar-refractivity contribution in [2.75, 3.05) is 7.11 Å². The van der Waals surface area contributed by atoms with E-state index in [1.165, 1.54) is 6.33 Å². The molecule has 3 N–H and O–H groups in total. The van der Waals surface area contributed by atoms with Gasteiger partial charge in [-0.1, -0.05) is 6.07 Å². The largest absolute Gasteiger partial charge is 0.481 e. The van der Waals surface area contributed by atoms with E-state index in [-0.39, 0.29) is 6.04 Å². The lowest BCUT2D eigenvalue weighted by Crippen LogP contribution is -2.29. The molecule has 0 aliphatic heterocycles. The molecule has 0 saturated carbocycles. The maximum absolute atomic E-state index is 5.57. The molecule has 2 rings (SSSR count). The molecule has 0 spiro atoms. The molecule has 2 heterocycles. The lowest BCUT2D eigenvalue weighted by molar-refractivity contribution is 0.387. The van der Waals surface area contributed by atoms with Gasteiger partial charge in [-0.2, -0.15) is 0 Å². The van der Waals surface area contributed by atoms with Crippen molar-refractivity contribution in [1.82, 2.24) is 20.4 Å². The summed E-state index contributed by atoms with van der Waals surface area (Å²) < 4.78 is 5.20. The van der Waals surface area contributed by atoms with Crippen molar-refractivity contribution in [3.8, 4) is 5.88 Å². The summed E-state index contributed by atoms with van der Waals surface area (Å²) in [5.41, 5.74) is 4.40. The lowest BCUT2D eigenvalue weighted by Gasteiger charge is -2.17. The highest BCUT2D eigenvalue weighted by molar-refractivity contribution is 5.35. The molecule has 0 radical (unpaired) electrons. The Bertz CT molecular complexity index is 476. The van der Waals surface area contributed by atoms with E-state index >= 15 is 0 Å². The van der Waals surface area contributed by atoms with Crippen molar-refractivity contribution in [3.05, 3.63) is 48.2 Å². The highest BCUT2D eigenvalue weighted by Gasteiger charge is 2.17. The van der Waals surface area contributed by atoms with E-state index in [2.05, 4.69) is 20.4 Å². The number of aromatic nitrogens is 3. The highest BCUT2D eigenvalue weighted by Crippen LogP contribution is 2.26. The van der Waals surface area contributed by atoms with Crippen LogP contribution in [0.1, 0.15) is 17.2 Å². The average Bonchev–Trinajstić information content (AvgIpc) is 2.41. The molecule has 0 aromatic carbocycles. The monoisotopic (exact) mass is 231 g/mol. The number of hydrazine groups is 1. The van der Waals surface area contributed by atoms with E-state index in [9.17, 15) is 0 Å². The van der Waals surface area contributed by atoms with Crippen molar-refractivity contribution in [3.63, 3.8) is 0 Å². The maximum atomic E-state index is 5.57. The molecule has 6 nitrogen and oxygen atoms in total. The van der Waals surface area contributed by atoms with Crippen LogP contribution in [-0.2, 0) is 0 Å². The zero-order valence-corrected chi connectivity index (χ0v) is 9.37. The minimum atomic E-state index is -0.250. The van der Waals surface area contributed by atoms with E-state index in [0.29, 0.717) is 5.88 Å². The zero-order valence-electron chi connectivity index (χ0n) is 9.37. The molecule has 2 aromatic heterocycles. The molecule has 0 saturated heterocycles. The van der Waals surface area contributed by atoms with Gasteiger partial charge in [-0.3, -0.25) is 5.84 Å². The quantitative estimate of drug-likeness (QED) is 0.586. The molecule has 0 amide bonds. The Hall–Kier alpha value is -2.05. The van der Waals surface area contributed by atoms with Gasteiger partial charge in [-0.05, 0) is 6.07 Å². The van der Waals surface area contributed by atoms with Gasteiger partial charge < -0.3 is 4.74 Å². The SMILES string of the molecule is COc1ncccc1C(NN)c1cncnc1. The number of hydrogen-bond acceptors (Lipinski definition) is 6. The van der Waals surface area contributed by atoms with Crippen molar-refractivity contribution >= 4 is 0 Å². The molecule has 17 heavy (non-hydrogen) atoms.